The second-order valence-corrected chi connectivity index (χ2v) is 0.805. The molecule has 0 aliphatic carbocycles. The molecular formula is H6NaO3P. The first-order valence-electron chi connectivity index (χ1n) is 0.600. The first kappa shape index (κ1) is 9.58. The summed E-state index contributed by atoms with van der Waals surface area (Å²) in [6, 6.07) is 0. The van der Waals surface area contributed by atoms with Crippen LogP contribution >= 0.6 is 8.60 Å². The van der Waals surface area contributed by atoms with Crippen molar-refractivity contribution in [3.05, 3.63) is 0 Å². The summed E-state index contributed by atoms with van der Waals surface area (Å²) in [4.78, 5) is 21.7. The summed E-state index contributed by atoms with van der Waals surface area (Å²) in [5, 5.41) is 0. The van der Waals surface area contributed by atoms with Crippen LogP contribution in [0.3, 0.4) is 0 Å². The third kappa shape index (κ3) is 33.9. The van der Waals surface area contributed by atoms with Gasteiger partial charge in [-0.1, -0.05) is 0 Å². The van der Waals surface area contributed by atoms with Gasteiger partial charge in [0.15, 0.2) is 0 Å². The van der Waals surface area contributed by atoms with E-state index >= 15 is 0 Å². The normalized spacial score (nSPS) is 7.20. The van der Waals surface area contributed by atoms with Crippen LogP contribution in [0.4, 0.5) is 0 Å². The Morgan fingerprint density at radius 1 is 1.20 bits per heavy atom. The van der Waals surface area contributed by atoms with E-state index in [2.05, 4.69) is 0 Å². The van der Waals surface area contributed by atoms with Crippen molar-refractivity contribution in [2.75, 3.05) is 0 Å². The molecule has 0 aromatic carbocycles. The zero-order chi connectivity index (χ0) is 3.58. The number of hydrogen-bond acceptors (Lipinski definition) is 3. The average molecular weight is 108 g/mol. The molecule has 0 aliphatic rings. The van der Waals surface area contributed by atoms with E-state index in [1.807, 2.05) is 0 Å². The van der Waals surface area contributed by atoms with E-state index in [0.29, 0.717) is 0 Å². The van der Waals surface area contributed by atoms with E-state index in [0.717, 1.165) is 0 Å². The van der Waals surface area contributed by atoms with Gasteiger partial charge in [0, 0.05) is 1.43 Å². The van der Waals surface area contributed by atoms with Crippen molar-refractivity contribution in [3.63, 3.8) is 0 Å². The fraction of sp³-hybridized carbons (Fsp3) is 0. The maximum absolute atomic E-state index is 7.23. The predicted octanol–water partition coefficient (Wildman–Crippen LogP) is -1.21. The van der Waals surface area contributed by atoms with Crippen molar-refractivity contribution in [3.8, 4) is 0 Å². The molecule has 0 atom stereocenters. The zero-order valence-corrected chi connectivity index (χ0v) is 2.68. The Labute approximate surface area is 54.4 Å². The Bertz CT molecular complexity index is 15.5. The van der Waals surface area contributed by atoms with Crippen LogP contribution < -0.4 is 0 Å². The van der Waals surface area contributed by atoms with Gasteiger partial charge in [0.25, 0.3) is 0 Å². The zero-order valence-electron chi connectivity index (χ0n) is 1.79. The van der Waals surface area contributed by atoms with Crippen molar-refractivity contribution in [2.24, 2.45) is 0 Å². The summed E-state index contributed by atoms with van der Waals surface area (Å²) >= 11 is 0. The molecule has 0 aliphatic heterocycles. The van der Waals surface area contributed by atoms with Crippen molar-refractivity contribution in [2.45, 2.75) is 0 Å². The van der Waals surface area contributed by atoms with Gasteiger partial charge in [0.05, 0.1) is 0 Å². The standard InChI is InChI=1S/Na.H3O3P.H2.H/c;1-4(2)3;;/h;1-3H;1H;. The molecular weight excluding hydrogens is 102 g/mol. The van der Waals surface area contributed by atoms with Crippen LogP contribution in [-0.4, -0.2) is 44.2 Å². The SMILES string of the molecule is OP(O)O.[HH].[NaH]. The van der Waals surface area contributed by atoms with Crippen molar-refractivity contribution in [1.82, 2.24) is 0 Å². The predicted molar refractivity (Wildman–Crippen MR) is 22.8 cm³/mol. The van der Waals surface area contributed by atoms with Crippen molar-refractivity contribution >= 4 is 38.2 Å². The molecule has 0 amide bonds. The summed E-state index contributed by atoms with van der Waals surface area (Å²) in [6.07, 6.45) is 0. The fourth-order valence-electron chi connectivity index (χ4n) is 0. The minimum atomic E-state index is -2.62. The molecule has 3 N–H and O–H groups in total. The van der Waals surface area contributed by atoms with Gasteiger partial charge < -0.3 is 14.7 Å². The summed E-state index contributed by atoms with van der Waals surface area (Å²) in [7, 11) is -2.62. The monoisotopic (exact) mass is 108 g/mol. The van der Waals surface area contributed by atoms with E-state index in [-0.39, 0.29) is 31.0 Å². The third-order valence-electron chi connectivity index (χ3n) is 0. The van der Waals surface area contributed by atoms with Crippen LogP contribution in [0.1, 0.15) is 1.43 Å². The molecule has 0 saturated carbocycles. The fourth-order valence-corrected chi connectivity index (χ4v) is 0. The van der Waals surface area contributed by atoms with E-state index < -0.39 is 8.60 Å². The molecule has 0 unspecified atom stereocenters. The summed E-state index contributed by atoms with van der Waals surface area (Å²) in [6.45, 7) is 0. The van der Waals surface area contributed by atoms with Crippen molar-refractivity contribution in [1.29, 1.82) is 0 Å². The van der Waals surface area contributed by atoms with Gasteiger partial charge in [0.1, 0.15) is 0 Å². The van der Waals surface area contributed by atoms with Gasteiger partial charge in [-0.25, -0.2) is 0 Å². The quantitative estimate of drug-likeness (QED) is 0.269. The molecule has 3 nitrogen and oxygen atoms in total. The third-order valence-corrected chi connectivity index (χ3v) is 0. The summed E-state index contributed by atoms with van der Waals surface area (Å²) in [5.74, 6) is 0. The molecule has 0 aromatic rings. The molecule has 0 spiro atoms. The second kappa shape index (κ2) is 5.31. The number of hydrogen-bond donors (Lipinski definition) is 3. The Morgan fingerprint density at radius 2 is 1.20 bits per heavy atom. The van der Waals surface area contributed by atoms with E-state index in [9.17, 15) is 0 Å². The first-order valence-corrected chi connectivity index (χ1v) is 1.80. The Hall–Kier alpha value is 1.31. The molecule has 0 bridgehead atoms. The van der Waals surface area contributed by atoms with Gasteiger partial charge in [-0.15, -0.1) is 0 Å². The van der Waals surface area contributed by atoms with Crippen LogP contribution in [0.15, 0.2) is 0 Å². The van der Waals surface area contributed by atoms with E-state index in [1.165, 1.54) is 0 Å². The summed E-state index contributed by atoms with van der Waals surface area (Å²) < 4.78 is 0. The molecule has 0 fully saturated rings. The van der Waals surface area contributed by atoms with Gasteiger partial charge in [0.2, 0.25) is 0 Å². The van der Waals surface area contributed by atoms with Crippen LogP contribution in [0.5, 0.6) is 0 Å². The van der Waals surface area contributed by atoms with Crippen LogP contribution in [0.25, 0.3) is 0 Å². The van der Waals surface area contributed by atoms with Crippen LogP contribution in [0, 0.1) is 0 Å². The number of rotatable bonds is 0. The van der Waals surface area contributed by atoms with Gasteiger partial charge in [-0.2, -0.15) is 0 Å². The molecule has 0 heterocycles. The molecule has 0 rings (SSSR count). The topological polar surface area (TPSA) is 60.7 Å². The van der Waals surface area contributed by atoms with E-state index in [1.54, 1.807) is 0 Å². The average Bonchev–Trinajstić information content (AvgIpc) is 0.811. The molecule has 0 radical (unpaired) electrons. The molecule has 30 valence electrons. The van der Waals surface area contributed by atoms with Gasteiger partial charge in [-0.05, 0) is 0 Å². The summed E-state index contributed by atoms with van der Waals surface area (Å²) in [5.41, 5.74) is 0. The van der Waals surface area contributed by atoms with Crippen LogP contribution in [-0.2, 0) is 0 Å². The maximum atomic E-state index is 7.23. The molecule has 5 heavy (non-hydrogen) atoms. The Balaban J connectivity index is -0.0000000450. The van der Waals surface area contributed by atoms with Gasteiger partial charge in [-0.3, -0.25) is 0 Å². The van der Waals surface area contributed by atoms with Gasteiger partial charge >= 0.3 is 38.2 Å². The Kier molecular flexibility index (Phi) is 10.2. The second-order valence-electron chi connectivity index (χ2n) is 0.268. The molecule has 5 heteroatoms. The minimum absolute atomic E-state index is 0. The van der Waals surface area contributed by atoms with E-state index in [4.69, 9.17) is 14.7 Å². The molecule has 0 aromatic heterocycles. The van der Waals surface area contributed by atoms with Crippen molar-refractivity contribution < 1.29 is 16.1 Å². The van der Waals surface area contributed by atoms with Crippen LogP contribution in [0.2, 0.25) is 0 Å². The molecule has 0 saturated heterocycles. The Morgan fingerprint density at radius 3 is 1.20 bits per heavy atom. The first-order chi connectivity index (χ1) is 1.73.